The number of nitrogens with one attached hydrogen (secondary N) is 1. The summed E-state index contributed by atoms with van der Waals surface area (Å²) in [5, 5.41) is 3.03. The van der Waals surface area contributed by atoms with Crippen LogP contribution in [0.1, 0.15) is 31.5 Å². The minimum atomic E-state index is -0.0444. The van der Waals surface area contributed by atoms with Crippen LogP contribution in [0.5, 0.6) is 0 Å². The molecule has 1 atom stereocenters. The normalized spacial score (nSPS) is 16.6. The van der Waals surface area contributed by atoms with Crippen molar-refractivity contribution in [2.24, 2.45) is 0 Å². The highest BCUT2D eigenvalue weighted by Gasteiger charge is 2.31. The number of carbonyl (C=O) groups is 1. The topological polar surface area (TPSA) is 63.1 Å². The highest BCUT2D eigenvalue weighted by molar-refractivity contribution is 7.98. The summed E-state index contributed by atoms with van der Waals surface area (Å²) in [5.41, 5.74) is 2.71. The Morgan fingerprint density at radius 1 is 1.32 bits per heavy atom. The molecular formula is C21H25N5OS. The molecule has 1 saturated heterocycles. The zero-order chi connectivity index (χ0) is 19.5. The zero-order valence-corrected chi connectivity index (χ0v) is 17.1. The fourth-order valence-electron chi connectivity index (χ4n) is 3.79. The van der Waals surface area contributed by atoms with Crippen molar-refractivity contribution in [2.45, 2.75) is 37.1 Å². The fraction of sp³-hybridized carbons (Fsp3) is 0.381. The summed E-state index contributed by atoms with van der Waals surface area (Å²) in [6.07, 6.45) is 5.79. The number of aryl methyl sites for hydroxylation is 1. The van der Waals surface area contributed by atoms with Crippen molar-refractivity contribution in [3.8, 4) is 0 Å². The van der Waals surface area contributed by atoms with Gasteiger partial charge in [0.05, 0.1) is 0 Å². The van der Waals surface area contributed by atoms with Gasteiger partial charge in [0.2, 0.25) is 0 Å². The summed E-state index contributed by atoms with van der Waals surface area (Å²) in [6.45, 7) is 4.48. The second-order valence-electron chi connectivity index (χ2n) is 7.06. The standard InChI is InChI=1S/C21H25N5OS/c1-3-11-26-19(24-18-8-5-10-22-20(18)26)15-9-12-25(14-15)21(27)23-16-6-4-7-17(13-16)28-2/h4-8,10,13,15H,3,9,11-12,14H2,1-2H3,(H,23,27)/t15-/m1/s1. The Labute approximate surface area is 169 Å². The van der Waals surface area contributed by atoms with Crippen LogP contribution < -0.4 is 5.32 Å². The van der Waals surface area contributed by atoms with Crippen LogP contribution in [0.15, 0.2) is 47.5 Å². The number of nitrogens with zero attached hydrogens (tertiary/aromatic N) is 4. The van der Waals surface area contributed by atoms with E-state index in [4.69, 9.17) is 4.98 Å². The molecule has 0 spiro atoms. The minimum absolute atomic E-state index is 0.0444. The van der Waals surface area contributed by atoms with Gasteiger partial charge in [-0.05, 0) is 49.4 Å². The van der Waals surface area contributed by atoms with E-state index < -0.39 is 0 Å². The lowest BCUT2D eigenvalue weighted by Crippen LogP contribution is -2.33. The van der Waals surface area contributed by atoms with Gasteiger partial charge < -0.3 is 14.8 Å². The molecule has 146 valence electrons. The number of anilines is 1. The average Bonchev–Trinajstić information content (AvgIpc) is 3.34. The second kappa shape index (κ2) is 8.22. The summed E-state index contributed by atoms with van der Waals surface area (Å²) in [7, 11) is 0. The molecule has 1 aromatic carbocycles. The number of urea groups is 1. The summed E-state index contributed by atoms with van der Waals surface area (Å²) < 4.78 is 2.23. The van der Waals surface area contributed by atoms with Crippen molar-refractivity contribution in [1.82, 2.24) is 19.4 Å². The van der Waals surface area contributed by atoms with Gasteiger partial charge in [-0.2, -0.15) is 0 Å². The van der Waals surface area contributed by atoms with Crippen LogP contribution in [0.3, 0.4) is 0 Å². The monoisotopic (exact) mass is 395 g/mol. The van der Waals surface area contributed by atoms with Gasteiger partial charge in [-0.1, -0.05) is 13.0 Å². The van der Waals surface area contributed by atoms with Gasteiger partial charge in [0.25, 0.3) is 0 Å². The molecule has 6 nitrogen and oxygen atoms in total. The second-order valence-corrected chi connectivity index (χ2v) is 7.94. The number of thioether (sulfide) groups is 1. The van der Waals surface area contributed by atoms with E-state index in [1.807, 2.05) is 53.8 Å². The molecule has 3 heterocycles. The molecule has 1 aliphatic heterocycles. The number of benzene rings is 1. The Hall–Kier alpha value is -2.54. The first kappa shape index (κ1) is 18.8. The van der Waals surface area contributed by atoms with Crippen molar-refractivity contribution in [1.29, 1.82) is 0 Å². The van der Waals surface area contributed by atoms with Crippen molar-refractivity contribution in [3.63, 3.8) is 0 Å². The quantitative estimate of drug-likeness (QED) is 0.642. The minimum Gasteiger partial charge on any atom is -0.324 e. The van der Waals surface area contributed by atoms with Crippen LogP contribution in [-0.4, -0.2) is 44.8 Å². The van der Waals surface area contributed by atoms with E-state index >= 15 is 0 Å². The first-order valence-corrected chi connectivity index (χ1v) is 10.9. The van der Waals surface area contributed by atoms with E-state index in [2.05, 4.69) is 21.8 Å². The highest BCUT2D eigenvalue weighted by atomic mass is 32.2. The molecule has 7 heteroatoms. The molecule has 0 saturated carbocycles. The first-order valence-electron chi connectivity index (χ1n) is 9.70. The van der Waals surface area contributed by atoms with Crippen molar-refractivity contribution in [3.05, 3.63) is 48.4 Å². The lowest BCUT2D eigenvalue weighted by atomic mass is 10.1. The summed E-state index contributed by atoms with van der Waals surface area (Å²) >= 11 is 1.67. The van der Waals surface area contributed by atoms with Crippen LogP contribution in [0, 0.1) is 0 Å². The number of imidazole rings is 1. The Balaban J connectivity index is 1.50. The molecule has 0 unspecified atom stereocenters. The van der Waals surface area contributed by atoms with Crippen molar-refractivity contribution < 1.29 is 4.79 Å². The number of hydrogen-bond donors (Lipinski definition) is 1. The third kappa shape index (κ3) is 3.71. The van der Waals surface area contributed by atoms with Crippen LogP contribution >= 0.6 is 11.8 Å². The predicted octanol–water partition coefficient (Wildman–Crippen LogP) is 4.58. The number of fused-ring (bicyclic) bond motifs is 1. The van der Waals surface area contributed by atoms with Gasteiger partial charge in [0.1, 0.15) is 11.3 Å². The maximum atomic E-state index is 12.7. The van der Waals surface area contributed by atoms with E-state index in [9.17, 15) is 4.79 Å². The maximum Gasteiger partial charge on any atom is 0.321 e. The van der Waals surface area contributed by atoms with Gasteiger partial charge in [-0.15, -0.1) is 11.8 Å². The number of carbonyl (C=O) groups excluding carboxylic acids is 1. The molecule has 0 aliphatic carbocycles. The lowest BCUT2D eigenvalue weighted by molar-refractivity contribution is 0.222. The number of likely N-dealkylation sites (tertiary alicyclic amines) is 1. The molecule has 3 aromatic rings. The summed E-state index contributed by atoms with van der Waals surface area (Å²) in [5.74, 6) is 1.29. The molecule has 2 aromatic heterocycles. The Kier molecular flexibility index (Phi) is 5.52. The van der Waals surface area contributed by atoms with Gasteiger partial charge >= 0.3 is 6.03 Å². The fourth-order valence-corrected chi connectivity index (χ4v) is 4.25. The van der Waals surface area contributed by atoms with Crippen LogP contribution in [0.2, 0.25) is 0 Å². The molecule has 0 radical (unpaired) electrons. The average molecular weight is 396 g/mol. The lowest BCUT2D eigenvalue weighted by Gasteiger charge is -2.18. The smallest absolute Gasteiger partial charge is 0.321 e. The molecule has 28 heavy (non-hydrogen) atoms. The van der Waals surface area contributed by atoms with Gasteiger partial charge in [-0.3, -0.25) is 0 Å². The van der Waals surface area contributed by atoms with Gasteiger partial charge in [0, 0.05) is 42.3 Å². The molecule has 4 rings (SSSR count). The van der Waals surface area contributed by atoms with Crippen LogP contribution in [0.25, 0.3) is 11.2 Å². The van der Waals surface area contributed by atoms with Crippen LogP contribution in [-0.2, 0) is 6.54 Å². The Bertz CT molecular complexity index is 986. The predicted molar refractivity (Wildman–Crippen MR) is 114 cm³/mol. The molecular weight excluding hydrogens is 370 g/mol. The molecule has 1 fully saturated rings. The zero-order valence-electron chi connectivity index (χ0n) is 16.3. The number of hydrogen-bond acceptors (Lipinski definition) is 4. The Morgan fingerprint density at radius 2 is 2.21 bits per heavy atom. The molecule has 1 aliphatic rings. The summed E-state index contributed by atoms with van der Waals surface area (Å²) in [6, 6.07) is 11.8. The third-order valence-corrected chi connectivity index (χ3v) is 5.87. The number of amides is 2. The van der Waals surface area contributed by atoms with E-state index in [-0.39, 0.29) is 11.9 Å². The molecule has 1 N–H and O–H groups in total. The maximum absolute atomic E-state index is 12.7. The largest absolute Gasteiger partial charge is 0.324 e. The van der Waals surface area contributed by atoms with Gasteiger partial charge in [-0.25, -0.2) is 14.8 Å². The first-order chi connectivity index (χ1) is 13.7. The Morgan fingerprint density at radius 3 is 3.04 bits per heavy atom. The number of rotatable bonds is 5. The van der Waals surface area contributed by atoms with Crippen molar-refractivity contribution >= 4 is 34.6 Å². The highest BCUT2D eigenvalue weighted by Crippen LogP contribution is 2.30. The van der Waals surface area contributed by atoms with E-state index in [1.165, 1.54) is 0 Å². The van der Waals surface area contributed by atoms with E-state index in [0.29, 0.717) is 6.54 Å². The summed E-state index contributed by atoms with van der Waals surface area (Å²) in [4.78, 5) is 25.1. The SMILES string of the molecule is CCCn1c([C@@H]2CCN(C(=O)Nc3cccc(SC)c3)C2)nc2cccnc21. The van der Waals surface area contributed by atoms with Crippen molar-refractivity contribution in [2.75, 3.05) is 24.7 Å². The molecule has 2 amide bonds. The third-order valence-electron chi connectivity index (χ3n) is 5.14. The number of pyridine rings is 1. The van der Waals surface area contributed by atoms with E-state index in [1.54, 1.807) is 11.8 Å². The molecule has 0 bridgehead atoms. The van der Waals surface area contributed by atoms with E-state index in [0.717, 1.165) is 53.5 Å². The van der Waals surface area contributed by atoms with Crippen LogP contribution in [0.4, 0.5) is 10.5 Å². The van der Waals surface area contributed by atoms with Gasteiger partial charge in [0.15, 0.2) is 5.65 Å². The number of aromatic nitrogens is 3.